The van der Waals surface area contributed by atoms with Gasteiger partial charge in [-0.25, -0.2) is 14.6 Å². The Bertz CT molecular complexity index is 894. The van der Waals surface area contributed by atoms with Gasteiger partial charge in [-0.1, -0.05) is 6.08 Å². The number of halogens is 1. The summed E-state index contributed by atoms with van der Waals surface area (Å²) in [4.78, 5) is 22.8. The predicted octanol–water partition coefficient (Wildman–Crippen LogP) is 2.79. The van der Waals surface area contributed by atoms with Crippen LogP contribution in [0.2, 0.25) is 0 Å². The Balaban J connectivity index is 2.19. The number of rotatable bonds is 9. The van der Waals surface area contributed by atoms with E-state index in [2.05, 4.69) is 17.1 Å². The first kappa shape index (κ1) is 20.6. The molecule has 0 radical (unpaired) electrons. The number of carboxylic acids is 1. The van der Waals surface area contributed by atoms with Crippen LogP contribution in [0.25, 0.3) is 0 Å². The number of methoxy groups -OCH3 is 1. The van der Waals surface area contributed by atoms with Gasteiger partial charge in [0.2, 0.25) is 0 Å². The third-order valence-corrected chi connectivity index (χ3v) is 3.56. The molecule has 28 heavy (non-hydrogen) atoms. The summed E-state index contributed by atoms with van der Waals surface area (Å²) < 4.78 is 23.5. The zero-order valence-electron chi connectivity index (χ0n) is 15.1. The van der Waals surface area contributed by atoms with Crippen molar-refractivity contribution in [2.75, 3.05) is 13.7 Å². The number of nitrogens with zero attached hydrogens (tertiary/aromatic N) is 1. The molecule has 0 heterocycles. The van der Waals surface area contributed by atoms with Crippen molar-refractivity contribution in [3.63, 3.8) is 0 Å². The first-order valence-corrected chi connectivity index (χ1v) is 8.20. The number of benzene rings is 2. The summed E-state index contributed by atoms with van der Waals surface area (Å²) in [5.41, 5.74) is 3.86. The minimum Gasteiger partial charge on any atom is -0.493 e. The van der Waals surface area contributed by atoms with Crippen LogP contribution >= 0.6 is 0 Å². The first-order chi connectivity index (χ1) is 13.4. The molecule has 0 unspecified atom stereocenters. The summed E-state index contributed by atoms with van der Waals surface area (Å²) in [6.07, 6.45) is 3.45. The van der Waals surface area contributed by atoms with E-state index in [-0.39, 0.29) is 5.56 Å². The number of ether oxygens (including phenoxy) is 2. The van der Waals surface area contributed by atoms with Gasteiger partial charge in [0.25, 0.3) is 5.91 Å². The second-order valence-corrected chi connectivity index (χ2v) is 5.59. The highest BCUT2D eigenvalue weighted by molar-refractivity contribution is 5.94. The summed E-state index contributed by atoms with van der Waals surface area (Å²) in [6, 6.07) is 8.37. The molecule has 1 amide bonds. The number of amides is 1. The van der Waals surface area contributed by atoms with E-state index in [9.17, 15) is 14.0 Å². The molecule has 0 bridgehead atoms. The number of carboxylic acid groups (broad SMARTS) is 1. The van der Waals surface area contributed by atoms with Gasteiger partial charge in [0.05, 0.1) is 13.3 Å². The fourth-order valence-corrected chi connectivity index (χ4v) is 2.35. The molecule has 0 atom stereocenters. The van der Waals surface area contributed by atoms with Crippen LogP contribution in [0, 0.1) is 5.82 Å². The molecule has 2 aromatic rings. The van der Waals surface area contributed by atoms with E-state index in [0.717, 1.165) is 0 Å². The third kappa shape index (κ3) is 5.66. The Morgan fingerprint density at radius 3 is 2.61 bits per heavy atom. The van der Waals surface area contributed by atoms with Crippen LogP contribution in [0.5, 0.6) is 11.5 Å². The lowest BCUT2D eigenvalue weighted by Crippen LogP contribution is -2.17. The zero-order valence-corrected chi connectivity index (χ0v) is 15.1. The quantitative estimate of drug-likeness (QED) is 0.392. The average molecular weight is 386 g/mol. The Morgan fingerprint density at radius 2 is 2.00 bits per heavy atom. The highest BCUT2D eigenvalue weighted by Gasteiger charge is 2.14. The molecule has 0 spiro atoms. The van der Waals surface area contributed by atoms with E-state index in [0.29, 0.717) is 29.0 Å². The molecule has 7 nitrogen and oxygen atoms in total. The molecule has 8 heteroatoms. The number of carbonyl (C=O) groups is 2. The van der Waals surface area contributed by atoms with Crippen LogP contribution < -0.4 is 14.9 Å². The van der Waals surface area contributed by atoms with Gasteiger partial charge in [-0.2, -0.15) is 5.10 Å². The van der Waals surface area contributed by atoms with Gasteiger partial charge < -0.3 is 14.6 Å². The number of carbonyl (C=O) groups excluding carboxylic acids is 1. The van der Waals surface area contributed by atoms with Crippen molar-refractivity contribution >= 4 is 18.1 Å². The van der Waals surface area contributed by atoms with Crippen LogP contribution in [-0.2, 0) is 11.2 Å². The van der Waals surface area contributed by atoms with Gasteiger partial charge in [-0.15, -0.1) is 6.58 Å². The van der Waals surface area contributed by atoms with E-state index >= 15 is 0 Å². The minimum absolute atomic E-state index is 0.265. The molecule has 0 saturated carbocycles. The molecule has 0 aliphatic carbocycles. The standard InChI is InChI=1S/C20H19FN2O5/c1-3-4-15-9-13(10-17(27-2)19(15)28-12-18(24)25)11-22-23-20(26)14-5-7-16(21)8-6-14/h3,5-11H,1,4,12H2,2H3,(H,23,26)(H,24,25)/b22-11-. The maximum absolute atomic E-state index is 12.9. The van der Waals surface area contributed by atoms with Crippen LogP contribution in [0.15, 0.2) is 54.2 Å². The molecule has 146 valence electrons. The van der Waals surface area contributed by atoms with Crippen LogP contribution in [0.3, 0.4) is 0 Å². The van der Waals surface area contributed by atoms with Gasteiger partial charge in [0, 0.05) is 11.1 Å². The number of hydrogen-bond acceptors (Lipinski definition) is 5. The largest absolute Gasteiger partial charge is 0.493 e. The smallest absolute Gasteiger partial charge is 0.341 e. The monoisotopic (exact) mass is 386 g/mol. The molecule has 0 fully saturated rings. The van der Waals surface area contributed by atoms with Gasteiger partial charge >= 0.3 is 5.97 Å². The van der Waals surface area contributed by atoms with Crippen molar-refractivity contribution < 1.29 is 28.6 Å². The predicted molar refractivity (Wildman–Crippen MR) is 101 cm³/mol. The summed E-state index contributed by atoms with van der Waals surface area (Å²) in [5, 5.41) is 12.7. The van der Waals surface area contributed by atoms with Gasteiger partial charge in [-0.3, -0.25) is 4.79 Å². The molecule has 0 aliphatic rings. The Hall–Kier alpha value is -3.68. The number of nitrogens with one attached hydrogen (secondary N) is 1. The summed E-state index contributed by atoms with van der Waals surface area (Å²) in [6.45, 7) is 3.16. The lowest BCUT2D eigenvalue weighted by molar-refractivity contribution is -0.139. The minimum atomic E-state index is -1.11. The second-order valence-electron chi connectivity index (χ2n) is 5.59. The molecule has 0 saturated heterocycles. The van der Waals surface area contributed by atoms with E-state index in [1.165, 1.54) is 37.6 Å². The Labute approximate surface area is 161 Å². The van der Waals surface area contributed by atoms with Crippen LogP contribution in [-0.4, -0.2) is 36.9 Å². The molecule has 0 aromatic heterocycles. The maximum Gasteiger partial charge on any atom is 0.341 e. The zero-order chi connectivity index (χ0) is 20.5. The number of allylic oxidation sites excluding steroid dienone is 1. The SMILES string of the molecule is C=CCc1cc(/C=N\NC(=O)c2ccc(F)cc2)cc(OC)c1OCC(=O)O. The maximum atomic E-state index is 12.9. The third-order valence-electron chi connectivity index (χ3n) is 3.56. The van der Waals surface area contributed by atoms with Crippen molar-refractivity contribution in [2.45, 2.75) is 6.42 Å². The summed E-state index contributed by atoms with van der Waals surface area (Å²) in [5.74, 6) is -1.41. The lowest BCUT2D eigenvalue weighted by atomic mass is 10.1. The molecule has 0 aliphatic heterocycles. The van der Waals surface area contributed by atoms with E-state index in [1.54, 1.807) is 18.2 Å². The van der Waals surface area contributed by atoms with Gasteiger partial charge in [0.1, 0.15) is 5.82 Å². The number of hydrazone groups is 1. The molecular formula is C20H19FN2O5. The second kappa shape index (κ2) is 9.86. The first-order valence-electron chi connectivity index (χ1n) is 8.20. The summed E-state index contributed by atoms with van der Waals surface area (Å²) >= 11 is 0. The Kier molecular flexibility index (Phi) is 7.27. The Morgan fingerprint density at radius 1 is 1.29 bits per heavy atom. The van der Waals surface area contributed by atoms with E-state index in [4.69, 9.17) is 14.6 Å². The van der Waals surface area contributed by atoms with E-state index < -0.39 is 24.3 Å². The normalized spacial score (nSPS) is 10.5. The van der Waals surface area contributed by atoms with E-state index in [1.807, 2.05) is 0 Å². The molecule has 2 aromatic carbocycles. The average Bonchev–Trinajstić information content (AvgIpc) is 2.67. The van der Waals surface area contributed by atoms with Gasteiger partial charge in [-0.05, 0) is 48.4 Å². The van der Waals surface area contributed by atoms with Crippen LogP contribution in [0.4, 0.5) is 4.39 Å². The fourth-order valence-electron chi connectivity index (χ4n) is 2.35. The molecular weight excluding hydrogens is 367 g/mol. The van der Waals surface area contributed by atoms with Crippen molar-refractivity contribution in [2.24, 2.45) is 5.10 Å². The molecule has 2 rings (SSSR count). The van der Waals surface area contributed by atoms with Crippen molar-refractivity contribution in [1.29, 1.82) is 0 Å². The molecule has 2 N–H and O–H groups in total. The van der Waals surface area contributed by atoms with Crippen molar-refractivity contribution in [1.82, 2.24) is 5.43 Å². The van der Waals surface area contributed by atoms with Gasteiger partial charge in [0.15, 0.2) is 18.1 Å². The fraction of sp³-hybridized carbons (Fsp3) is 0.150. The lowest BCUT2D eigenvalue weighted by Gasteiger charge is -2.14. The van der Waals surface area contributed by atoms with Crippen molar-refractivity contribution in [3.05, 3.63) is 71.6 Å². The highest BCUT2D eigenvalue weighted by atomic mass is 19.1. The van der Waals surface area contributed by atoms with Crippen LogP contribution in [0.1, 0.15) is 21.5 Å². The number of aliphatic carboxylic acids is 1. The number of hydrogen-bond donors (Lipinski definition) is 2. The van der Waals surface area contributed by atoms with Crippen molar-refractivity contribution in [3.8, 4) is 11.5 Å². The summed E-state index contributed by atoms with van der Waals surface area (Å²) in [7, 11) is 1.43. The topological polar surface area (TPSA) is 97.2 Å². The highest BCUT2D eigenvalue weighted by Crippen LogP contribution is 2.33.